The molecule has 21 heavy (non-hydrogen) atoms. The van der Waals surface area contributed by atoms with Crippen molar-refractivity contribution in [3.63, 3.8) is 0 Å². The molecule has 114 valence electrons. The van der Waals surface area contributed by atoms with Gasteiger partial charge in [0.1, 0.15) is 6.04 Å². The van der Waals surface area contributed by atoms with E-state index in [9.17, 15) is 9.59 Å². The summed E-state index contributed by atoms with van der Waals surface area (Å²) in [4.78, 5) is 25.0. The van der Waals surface area contributed by atoms with E-state index in [2.05, 4.69) is 6.92 Å². The molecule has 1 fully saturated rings. The molecule has 1 atom stereocenters. The number of benzene rings is 1. The average molecular weight is 289 g/mol. The number of amides is 1. The summed E-state index contributed by atoms with van der Waals surface area (Å²) in [6, 6.07) is 6.94. The lowest BCUT2D eigenvalue weighted by atomic mass is 10.0. The van der Waals surface area contributed by atoms with E-state index < -0.39 is 12.0 Å². The van der Waals surface area contributed by atoms with Crippen molar-refractivity contribution in [3.8, 4) is 0 Å². The summed E-state index contributed by atoms with van der Waals surface area (Å²) in [6.45, 7) is 2.71. The molecule has 1 aliphatic rings. The Labute approximate surface area is 125 Å². The Hall–Kier alpha value is -1.84. The maximum absolute atomic E-state index is 12.4. The summed E-state index contributed by atoms with van der Waals surface area (Å²) in [7, 11) is 0. The number of nitrogens with zero attached hydrogens (tertiary/aromatic N) is 1. The summed E-state index contributed by atoms with van der Waals surface area (Å²) in [5, 5.41) is 9.15. The van der Waals surface area contributed by atoms with E-state index >= 15 is 0 Å². The van der Waals surface area contributed by atoms with Gasteiger partial charge in [0.2, 0.25) is 0 Å². The van der Waals surface area contributed by atoms with Crippen molar-refractivity contribution in [2.45, 2.75) is 51.5 Å². The molecule has 0 spiro atoms. The molecule has 1 aromatic carbocycles. The van der Waals surface area contributed by atoms with E-state index in [4.69, 9.17) is 5.11 Å². The lowest BCUT2D eigenvalue weighted by molar-refractivity contribution is -0.141. The van der Waals surface area contributed by atoms with E-state index in [1.54, 1.807) is 0 Å². The van der Waals surface area contributed by atoms with Gasteiger partial charge in [-0.05, 0) is 43.4 Å². The lowest BCUT2D eigenvalue weighted by Crippen LogP contribution is -2.40. The predicted octanol–water partition coefficient (Wildman–Crippen LogP) is 3.11. The van der Waals surface area contributed by atoms with Gasteiger partial charge in [0.25, 0.3) is 5.91 Å². The van der Waals surface area contributed by atoms with Gasteiger partial charge in [-0.2, -0.15) is 0 Å². The van der Waals surface area contributed by atoms with Crippen LogP contribution >= 0.6 is 0 Å². The monoisotopic (exact) mass is 289 g/mol. The molecule has 1 unspecified atom stereocenters. The van der Waals surface area contributed by atoms with E-state index in [1.807, 2.05) is 24.3 Å². The molecule has 2 rings (SSSR count). The number of aryl methyl sites for hydroxylation is 1. The fraction of sp³-hybridized carbons (Fsp3) is 0.529. The molecular formula is C17H23NO3. The van der Waals surface area contributed by atoms with Crippen molar-refractivity contribution in [1.29, 1.82) is 0 Å². The number of carbonyl (C=O) groups is 2. The van der Waals surface area contributed by atoms with Gasteiger partial charge in [0.05, 0.1) is 0 Å². The minimum Gasteiger partial charge on any atom is -0.480 e. The first-order valence-corrected chi connectivity index (χ1v) is 7.76. The smallest absolute Gasteiger partial charge is 0.326 e. The van der Waals surface area contributed by atoms with Crippen molar-refractivity contribution in [2.75, 3.05) is 6.54 Å². The quantitative estimate of drug-likeness (QED) is 0.819. The number of likely N-dealkylation sites (tertiary alicyclic amines) is 1. The largest absolute Gasteiger partial charge is 0.480 e. The van der Waals surface area contributed by atoms with Crippen LogP contribution in [-0.4, -0.2) is 34.5 Å². The second kappa shape index (κ2) is 7.25. The molecular weight excluding hydrogens is 266 g/mol. The standard InChI is InChI=1S/C17H23NO3/c1-2-3-4-6-13-8-10-14(11-9-13)16(19)18-12-5-7-15(18)17(20)21/h8-11,15H,2-7,12H2,1H3,(H,20,21). The van der Waals surface area contributed by atoms with E-state index in [1.165, 1.54) is 23.3 Å². The second-order valence-electron chi connectivity index (χ2n) is 5.65. The van der Waals surface area contributed by atoms with Gasteiger partial charge in [0.15, 0.2) is 0 Å². The van der Waals surface area contributed by atoms with Crippen LogP contribution in [0.25, 0.3) is 0 Å². The van der Waals surface area contributed by atoms with E-state index in [0.717, 1.165) is 19.3 Å². The van der Waals surface area contributed by atoms with Crippen molar-refractivity contribution in [2.24, 2.45) is 0 Å². The third-order valence-corrected chi connectivity index (χ3v) is 4.07. The maximum atomic E-state index is 12.4. The van der Waals surface area contributed by atoms with Crippen molar-refractivity contribution < 1.29 is 14.7 Å². The zero-order valence-electron chi connectivity index (χ0n) is 12.5. The highest BCUT2D eigenvalue weighted by atomic mass is 16.4. The molecule has 1 heterocycles. The SMILES string of the molecule is CCCCCc1ccc(C(=O)N2CCCC2C(=O)O)cc1. The minimum atomic E-state index is -0.906. The van der Waals surface area contributed by atoms with Crippen LogP contribution in [0.2, 0.25) is 0 Å². The highest BCUT2D eigenvalue weighted by Gasteiger charge is 2.34. The first kappa shape index (κ1) is 15.5. The van der Waals surface area contributed by atoms with E-state index in [0.29, 0.717) is 18.5 Å². The van der Waals surface area contributed by atoms with Gasteiger partial charge in [-0.3, -0.25) is 4.79 Å². The fourth-order valence-electron chi connectivity index (χ4n) is 2.83. The Morgan fingerprint density at radius 2 is 1.95 bits per heavy atom. The van der Waals surface area contributed by atoms with Crippen molar-refractivity contribution >= 4 is 11.9 Å². The Morgan fingerprint density at radius 3 is 2.57 bits per heavy atom. The highest BCUT2D eigenvalue weighted by Crippen LogP contribution is 2.20. The summed E-state index contributed by atoms with van der Waals surface area (Å²) >= 11 is 0. The molecule has 0 aromatic heterocycles. The number of aliphatic carboxylic acids is 1. The number of carboxylic acid groups (broad SMARTS) is 1. The Kier molecular flexibility index (Phi) is 5.37. The number of carboxylic acids is 1. The van der Waals surface area contributed by atoms with Crippen LogP contribution in [0, 0.1) is 0 Å². The predicted molar refractivity (Wildman–Crippen MR) is 81.4 cm³/mol. The molecule has 1 aliphatic heterocycles. The topological polar surface area (TPSA) is 57.6 Å². The van der Waals surface area contributed by atoms with Gasteiger partial charge in [-0.1, -0.05) is 31.9 Å². The van der Waals surface area contributed by atoms with Crippen LogP contribution in [0.5, 0.6) is 0 Å². The normalized spacial score (nSPS) is 18.0. The first-order chi connectivity index (χ1) is 10.1. The zero-order valence-corrected chi connectivity index (χ0v) is 12.5. The van der Waals surface area contributed by atoms with E-state index in [-0.39, 0.29) is 5.91 Å². The van der Waals surface area contributed by atoms with Gasteiger partial charge < -0.3 is 10.0 Å². The minimum absolute atomic E-state index is 0.167. The number of carbonyl (C=O) groups excluding carboxylic acids is 1. The molecule has 0 aliphatic carbocycles. The summed E-state index contributed by atoms with van der Waals surface area (Å²) in [5.74, 6) is -1.07. The molecule has 0 bridgehead atoms. The summed E-state index contributed by atoms with van der Waals surface area (Å²) < 4.78 is 0. The molecule has 4 nitrogen and oxygen atoms in total. The van der Waals surface area contributed by atoms with Crippen LogP contribution in [0.4, 0.5) is 0 Å². The first-order valence-electron chi connectivity index (χ1n) is 7.76. The highest BCUT2D eigenvalue weighted by molar-refractivity contribution is 5.97. The zero-order chi connectivity index (χ0) is 15.2. The number of hydrogen-bond donors (Lipinski definition) is 1. The fourth-order valence-corrected chi connectivity index (χ4v) is 2.83. The summed E-state index contributed by atoms with van der Waals surface area (Å²) in [6.07, 6.45) is 5.92. The van der Waals surface area contributed by atoms with Crippen molar-refractivity contribution in [1.82, 2.24) is 4.90 Å². The van der Waals surface area contributed by atoms with Crippen LogP contribution < -0.4 is 0 Å². The van der Waals surface area contributed by atoms with Crippen molar-refractivity contribution in [3.05, 3.63) is 35.4 Å². The Morgan fingerprint density at radius 1 is 1.24 bits per heavy atom. The van der Waals surface area contributed by atoms with Crippen LogP contribution in [0.3, 0.4) is 0 Å². The average Bonchev–Trinajstić information content (AvgIpc) is 2.97. The third kappa shape index (κ3) is 3.84. The second-order valence-corrected chi connectivity index (χ2v) is 5.65. The van der Waals surface area contributed by atoms with Crippen LogP contribution in [0.15, 0.2) is 24.3 Å². The number of unbranched alkanes of at least 4 members (excludes halogenated alkanes) is 2. The van der Waals surface area contributed by atoms with Gasteiger partial charge in [0, 0.05) is 12.1 Å². The molecule has 1 amide bonds. The third-order valence-electron chi connectivity index (χ3n) is 4.07. The molecule has 0 saturated carbocycles. The molecule has 0 radical (unpaired) electrons. The molecule has 4 heteroatoms. The van der Waals surface area contributed by atoms with Gasteiger partial charge in [-0.25, -0.2) is 4.79 Å². The lowest BCUT2D eigenvalue weighted by Gasteiger charge is -2.21. The van der Waals surface area contributed by atoms with Crippen LogP contribution in [-0.2, 0) is 11.2 Å². The molecule has 1 saturated heterocycles. The Balaban J connectivity index is 2.01. The summed E-state index contributed by atoms with van der Waals surface area (Å²) in [5.41, 5.74) is 1.82. The van der Waals surface area contributed by atoms with Gasteiger partial charge in [-0.15, -0.1) is 0 Å². The molecule has 1 N–H and O–H groups in total. The maximum Gasteiger partial charge on any atom is 0.326 e. The number of rotatable bonds is 6. The van der Waals surface area contributed by atoms with Crippen LogP contribution in [0.1, 0.15) is 54.9 Å². The van der Waals surface area contributed by atoms with Gasteiger partial charge >= 0.3 is 5.97 Å². The molecule has 1 aromatic rings. The Bertz CT molecular complexity index is 495. The number of hydrogen-bond acceptors (Lipinski definition) is 2.